The molecule has 0 amide bonds. The number of hydrogen-bond acceptors (Lipinski definition) is 4. The molecule has 0 aliphatic heterocycles. The van der Waals surface area contributed by atoms with Gasteiger partial charge in [0.1, 0.15) is 11.5 Å². The van der Waals surface area contributed by atoms with Crippen LogP contribution in [0, 0.1) is 48.2 Å². The summed E-state index contributed by atoms with van der Waals surface area (Å²) < 4.78 is 3.07. The number of pyridine rings is 2. The van der Waals surface area contributed by atoms with E-state index in [2.05, 4.69) is 87.9 Å². The maximum Gasteiger partial charge on any atom is 2.00 e. The van der Waals surface area contributed by atoms with E-state index in [0.29, 0.717) is 11.6 Å². The number of nitriles is 2. The van der Waals surface area contributed by atoms with Crippen molar-refractivity contribution in [2.24, 2.45) is 0 Å². The first-order valence-electron chi connectivity index (χ1n) is 13.0. The minimum atomic E-state index is -0.724. The molecule has 9 heteroatoms. The van der Waals surface area contributed by atoms with Gasteiger partial charge in [-0.05, 0) is 77.9 Å². The summed E-state index contributed by atoms with van der Waals surface area (Å²) >= 11 is 0. The standard InChI is InChI=1S/C33H30N8.Pd/c1-31(2,3)22-12-26(38-29(14-22)40-19-21(17-34)11-25(40)18-35)33(7,8)27-13-23(32(4,5)6)15-30(39-27)41-20-24(36-9)16-28(41)37-10;/h11-16H,1-8H3;/q-2;+2. The van der Waals surface area contributed by atoms with E-state index in [9.17, 15) is 10.5 Å². The molecule has 0 bridgehead atoms. The van der Waals surface area contributed by atoms with Crippen LogP contribution >= 0.6 is 0 Å². The zero-order valence-corrected chi connectivity index (χ0v) is 26.4. The molecular formula is C33H30N8Pd. The maximum absolute atomic E-state index is 9.75. The molecule has 4 heterocycles. The molecule has 42 heavy (non-hydrogen) atoms. The Morgan fingerprint density at radius 2 is 1.24 bits per heavy atom. The van der Waals surface area contributed by atoms with Crippen molar-refractivity contribution in [2.75, 3.05) is 0 Å². The van der Waals surface area contributed by atoms with Gasteiger partial charge >= 0.3 is 20.4 Å². The van der Waals surface area contributed by atoms with Crippen LogP contribution in [-0.2, 0) is 36.7 Å². The van der Waals surface area contributed by atoms with E-state index in [4.69, 9.17) is 23.1 Å². The van der Waals surface area contributed by atoms with Crippen molar-refractivity contribution in [2.45, 2.75) is 71.6 Å². The van der Waals surface area contributed by atoms with E-state index < -0.39 is 5.41 Å². The van der Waals surface area contributed by atoms with Crippen molar-refractivity contribution in [3.63, 3.8) is 0 Å². The SMILES string of the molecule is [C-]#[N+]c1[c-]n(-c2cc(C(C)(C)C)cc(C(C)(C)c3cc(C(C)(C)C)cc(-n4[c-]c(C#N)cc4C#N)n3)n2)c([N+]#[C-])c1.[Pd+2]. The van der Waals surface area contributed by atoms with Gasteiger partial charge in [0, 0.05) is 28.7 Å². The van der Waals surface area contributed by atoms with Gasteiger partial charge in [0.2, 0.25) is 0 Å². The van der Waals surface area contributed by atoms with Gasteiger partial charge in [-0.25, -0.2) is 10.5 Å². The Labute approximate surface area is 261 Å². The van der Waals surface area contributed by atoms with Crippen LogP contribution in [0.5, 0.6) is 0 Å². The number of aromatic nitrogens is 4. The third-order valence-corrected chi connectivity index (χ3v) is 7.04. The molecule has 0 saturated carbocycles. The molecule has 0 radical (unpaired) electrons. The summed E-state index contributed by atoms with van der Waals surface area (Å²) in [6, 6.07) is 15.2. The van der Waals surface area contributed by atoms with Crippen molar-refractivity contribution in [1.29, 1.82) is 10.5 Å². The molecule has 4 aromatic rings. The molecule has 4 aromatic heterocycles. The molecule has 0 N–H and O–H groups in total. The third kappa shape index (κ3) is 6.05. The second-order valence-corrected chi connectivity index (χ2v) is 12.5. The van der Waals surface area contributed by atoms with Crippen LogP contribution in [0.4, 0.5) is 11.5 Å². The minimum absolute atomic E-state index is 0. The van der Waals surface area contributed by atoms with Crippen LogP contribution in [-0.4, -0.2) is 19.1 Å². The van der Waals surface area contributed by atoms with Crippen molar-refractivity contribution >= 4 is 11.5 Å². The normalized spacial score (nSPS) is 11.5. The summed E-state index contributed by atoms with van der Waals surface area (Å²) in [5.41, 5.74) is 3.01. The van der Waals surface area contributed by atoms with Gasteiger partial charge in [-0.2, -0.15) is 0 Å². The van der Waals surface area contributed by atoms with E-state index >= 15 is 0 Å². The molecule has 0 unspecified atom stereocenters. The van der Waals surface area contributed by atoms with Gasteiger partial charge in [0.15, 0.2) is 5.82 Å². The molecule has 0 atom stereocenters. The third-order valence-electron chi connectivity index (χ3n) is 7.04. The van der Waals surface area contributed by atoms with Crippen LogP contribution in [0.15, 0.2) is 36.4 Å². The molecule has 0 aliphatic rings. The summed E-state index contributed by atoms with van der Waals surface area (Å²) in [6.07, 6.45) is 5.95. The van der Waals surface area contributed by atoms with E-state index in [1.165, 1.54) is 21.3 Å². The molecular weight excluding hydrogens is 615 g/mol. The molecule has 0 fully saturated rings. The summed E-state index contributed by atoms with van der Waals surface area (Å²) in [5, 5.41) is 19.2. The predicted molar refractivity (Wildman–Crippen MR) is 156 cm³/mol. The van der Waals surface area contributed by atoms with Crippen molar-refractivity contribution in [3.8, 4) is 23.8 Å². The molecule has 8 nitrogen and oxygen atoms in total. The zero-order chi connectivity index (χ0) is 30.3. The van der Waals surface area contributed by atoms with Gasteiger partial charge in [0.05, 0.1) is 18.5 Å². The smallest absolute Gasteiger partial charge is 0.393 e. The maximum atomic E-state index is 9.75. The largest absolute Gasteiger partial charge is 2.00 e. The summed E-state index contributed by atoms with van der Waals surface area (Å²) in [5.74, 6) is 1.24. The molecule has 212 valence electrons. The van der Waals surface area contributed by atoms with Crippen LogP contribution in [0.25, 0.3) is 21.3 Å². The monoisotopic (exact) mass is 644 g/mol. The van der Waals surface area contributed by atoms with E-state index in [1.807, 2.05) is 26.0 Å². The summed E-state index contributed by atoms with van der Waals surface area (Å²) in [4.78, 5) is 17.0. The number of nitrogens with zero attached hydrogens (tertiary/aromatic N) is 8. The fourth-order valence-corrected chi connectivity index (χ4v) is 4.34. The van der Waals surface area contributed by atoms with Crippen LogP contribution in [0.2, 0.25) is 0 Å². The predicted octanol–water partition coefficient (Wildman–Crippen LogP) is 7.42. The van der Waals surface area contributed by atoms with Gasteiger partial charge in [0.25, 0.3) is 0 Å². The summed E-state index contributed by atoms with van der Waals surface area (Å²) in [7, 11) is 0. The van der Waals surface area contributed by atoms with Crippen molar-refractivity contribution < 1.29 is 20.4 Å². The van der Waals surface area contributed by atoms with Crippen molar-refractivity contribution in [1.82, 2.24) is 19.1 Å². The van der Waals surface area contributed by atoms with Crippen LogP contribution in [0.3, 0.4) is 0 Å². The fourth-order valence-electron chi connectivity index (χ4n) is 4.34. The second-order valence-electron chi connectivity index (χ2n) is 12.5. The Bertz CT molecular complexity index is 1700. The molecule has 0 aromatic carbocycles. The molecule has 0 saturated heterocycles. The molecule has 0 spiro atoms. The average molecular weight is 645 g/mol. The first kappa shape index (κ1) is 32.0. The Balaban J connectivity index is 0.00000484. The van der Waals surface area contributed by atoms with Gasteiger partial charge in [-0.3, -0.25) is 14.8 Å². The quantitative estimate of drug-likeness (QED) is 0.171. The zero-order valence-electron chi connectivity index (χ0n) is 24.9. The topological polar surface area (TPSA) is 91.9 Å². The van der Waals surface area contributed by atoms with Crippen LogP contribution in [0.1, 0.15) is 89.2 Å². The minimum Gasteiger partial charge on any atom is -0.393 e. The first-order valence-corrected chi connectivity index (χ1v) is 13.0. The Morgan fingerprint density at radius 1 is 0.714 bits per heavy atom. The van der Waals surface area contributed by atoms with E-state index in [1.54, 1.807) is 0 Å². The van der Waals surface area contributed by atoms with Crippen LogP contribution < -0.4 is 0 Å². The Kier molecular flexibility index (Phi) is 8.68. The molecule has 4 rings (SSSR count). The Morgan fingerprint density at radius 3 is 1.67 bits per heavy atom. The van der Waals surface area contributed by atoms with E-state index in [-0.39, 0.29) is 54.0 Å². The number of hydrogen-bond donors (Lipinski definition) is 0. The fraction of sp³-hybridized carbons (Fsp3) is 0.333. The van der Waals surface area contributed by atoms with Crippen molar-refractivity contribution in [3.05, 3.63) is 105 Å². The summed E-state index contributed by atoms with van der Waals surface area (Å²) in [6.45, 7) is 31.8. The second kappa shape index (κ2) is 11.4. The number of rotatable bonds is 4. The van der Waals surface area contributed by atoms with E-state index in [0.717, 1.165) is 22.5 Å². The first-order chi connectivity index (χ1) is 19.1. The van der Waals surface area contributed by atoms with Gasteiger partial charge < -0.3 is 14.0 Å². The molecule has 0 aliphatic carbocycles. The Hall–Kier alpha value is -4.52. The van der Waals surface area contributed by atoms with Gasteiger partial charge in [-0.1, -0.05) is 48.1 Å². The van der Waals surface area contributed by atoms with Gasteiger partial charge in [-0.15, -0.1) is 12.1 Å². The average Bonchev–Trinajstić information content (AvgIpc) is 3.55.